The van der Waals surface area contributed by atoms with Crippen molar-refractivity contribution in [3.63, 3.8) is 0 Å². The van der Waals surface area contributed by atoms with Crippen molar-refractivity contribution in [3.8, 4) is 0 Å². The highest BCUT2D eigenvalue weighted by molar-refractivity contribution is 5.92. The van der Waals surface area contributed by atoms with Crippen LogP contribution in [0.1, 0.15) is 24.0 Å². The first-order valence-electron chi connectivity index (χ1n) is 6.32. The van der Waals surface area contributed by atoms with Gasteiger partial charge in [-0.2, -0.15) is 0 Å². The van der Waals surface area contributed by atoms with Gasteiger partial charge in [0.05, 0.1) is 0 Å². The normalized spacial score (nSPS) is 17.4. The van der Waals surface area contributed by atoms with E-state index in [1.54, 1.807) is 5.57 Å². The van der Waals surface area contributed by atoms with Crippen molar-refractivity contribution in [2.24, 2.45) is 0 Å². The molecule has 0 fully saturated rings. The SMILES string of the molecule is C1=CC2=C(CC1)Cc1cc3ccccc3cc12. The first-order valence-corrected chi connectivity index (χ1v) is 6.32. The van der Waals surface area contributed by atoms with Crippen molar-refractivity contribution in [2.45, 2.75) is 19.3 Å². The predicted octanol–water partition coefficient (Wildman–Crippen LogP) is 4.50. The van der Waals surface area contributed by atoms with E-state index in [4.69, 9.17) is 0 Å². The van der Waals surface area contributed by atoms with Crippen LogP contribution in [-0.4, -0.2) is 0 Å². The second-order valence-electron chi connectivity index (χ2n) is 4.99. The minimum absolute atomic E-state index is 1.17. The molecule has 2 aromatic carbocycles. The maximum Gasteiger partial charge on any atom is -0.00514 e. The van der Waals surface area contributed by atoms with E-state index >= 15 is 0 Å². The summed E-state index contributed by atoms with van der Waals surface area (Å²) < 4.78 is 0. The Hall–Kier alpha value is -1.82. The monoisotopic (exact) mass is 218 g/mol. The van der Waals surface area contributed by atoms with Crippen LogP contribution in [0.4, 0.5) is 0 Å². The lowest BCUT2D eigenvalue weighted by molar-refractivity contribution is 0.935. The summed E-state index contributed by atoms with van der Waals surface area (Å²) >= 11 is 0. The molecule has 0 aliphatic heterocycles. The van der Waals surface area contributed by atoms with Crippen molar-refractivity contribution in [3.05, 3.63) is 65.3 Å². The molecule has 4 rings (SSSR count). The largest absolute Gasteiger partial charge is 0.0836 e. The molecule has 0 bridgehead atoms. The van der Waals surface area contributed by atoms with Gasteiger partial charge in [-0.3, -0.25) is 0 Å². The summed E-state index contributed by atoms with van der Waals surface area (Å²) in [6, 6.07) is 13.4. The van der Waals surface area contributed by atoms with Crippen LogP contribution in [-0.2, 0) is 6.42 Å². The van der Waals surface area contributed by atoms with Crippen LogP contribution >= 0.6 is 0 Å². The van der Waals surface area contributed by atoms with Gasteiger partial charge in [-0.25, -0.2) is 0 Å². The maximum absolute atomic E-state index is 2.37. The molecule has 0 N–H and O–H groups in total. The summed E-state index contributed by atoms with van der Waals surface area (Å²) in [6.07, 6.45) is 8.26. The zero-order chi connectivity index (χ0) is 11.2. The summed E-state index contributed by atoms with van der Waals surface area (Å²) in [6.45, 7) is 0. The van der Waals surface area contributed by atoms with Crippen LogP contribution in [0.25, 0.3) is 16.3 Å². The molecule has 2 aliphatic rings. The highest BCUT2D eigenvalue weighted by Crippen LogP contribution is 2.40. The van der Waals surface area contributed by atoms with E-state index in [9.17, 15) is 0 Å². The Labute approximate surface area is 101 Å². The molecule has 0 spiro atoms. The number of allylic oxidation sites excluding steroid dienone is 4. The first-order chi connectivity index (χ1) is 8.42. The fourth-order valence-electron chi connectivity index (χ4n) is 3.09. The average molecular weight is 218 g/mol. The molecule has 0 saturated carbocycles. The zero-order valence-electron chi connectivity index (χ0n) is 9.74. The number of rotatable bonds is 0. The quantitative estimate of drug-likeness (QED) is 0.610. The van der Waals surface area contributed by atoms with Gasteiger partial charge in [-0.05, 0) is 52.8 Å². The molecule has 0 nitrogen and oxygen atoms in total. The molecular formula is C17H14. The van der Waals surface area contributed by atoms with Crippen LogP contribution in [0.5, 0.6) is 0 Å². The summed E-state index contributed by atoms with van der Waals surface area (Å²) in [4.78, 5) is 0. The van der Waals surface area contributed by atoms with Gasteiger partial charge in [0.2, 0.25) is 0 Å². The van der Waals surface area contributed by atoms with Crippen LogP contribution in [0.2, 0.25) is 0 Å². The molecule has 0 radical (unpaired) electrons. The number of fused-ring (bicyclic) bond motifs is 3. The Morgan fingerprint density at radius 2 is 1.76 bits per heavy atom. The molecular weight excluding hydrogens is 204 g/mol. The topological polar surface area (TPSA) is 0 Å². The second-order valence-corrected chi connectivity index (χ2v) is 4.99. The Morgan fingerprint density at radius 3 is 2.65 bits per heavy atom. The average Bonchev–Trinajstić information content (AvgIpc) is 2.73. The Balaban J connectivity index is 1.99. The van der Waals surface area contributed by atoms with Crippen molar-refractivity contribution in [1.29, 1.82) is 0 Å². The molecule has 0 heteroatoms. The molecule has 2 aromatic rings. The second kappa shape index (κ2) is 3.33. The van der Waals surface area contributed by atoms with E-state index in [2.05, 4.69) is 48.6 Å². The molecule has 0 unspecified atom stereocenters. The minimum atomic E-state index is 1.17. The van der Waals surface area contributed by atoms with Gasteiger partial charge in [0.25, 0.3) is 0 Å². The fraction of sp³-hybridized carbons (Fsp3) is 0.176. The van der Waals surface area contributed by atoms with E-state index in [0.717, 1.165) is 0 Å². The van der Waals surface area contributed by atoms with Gasteiger partial charge >= 0.3 is 0 Å². The Morgan fingerprint density at radius 1 is 0.941 bits per heavy atom. The third-order valence-electron chi connectivity index (χ3n) is 3.94. The highest BCUT2D eigenvalue weighted by Gasteiger charge is 2.21. The summed E-state index contributed by atoms with van der Waals surface area (Å²) in [5.74, 6) is 0. The third-order valence-corrected chi connectivity index (χ3v) is 3.94. The number of benzene rings is 2. The first kappa shape index (κ1) is 9.23. The molecule has 17 heavy (non-hydrogen) atoms. The molecule has 0 heterocycles. The lowest BCUT2D eigenvalue weighted by Gasteiger charge is -2.08. The van der Waals surface area contributed by atoms with E-state index in [0.29, 0.717) is 0 Å². The van der Waals surface area contributed by atoms with Gasteiger partial charge < -0.3 is 0 Å². The van der Waals surface area contributed by atoms with Crippen molar-refractivity contribution >= 4 is 16.3 Å². The lowest BCUT2D eigenvalue weighted by Crippen LogP contribution is -1.87. The van der Waals surface area contributed by atoms with Crippen LogP contribution in [0.15, 0.2) is 54.1 Å². The smallest absolute Gasteiger partial charge is 0.00514 e. The zero-order valence-corrected chi connectivity index (χ0v) is 9.74. The van der Waals surface area contributed by atoms with Crippen LogP contribution < -0.4 is 0 Å². The van der Waals surface area contributed by atoms with Gasteiger partial charge in [-0.1, -0.05) is 48.1 Å². The van der Waals surface area contributed by atoms with Crippen molar-refractivity contribution in [2.75, 3.05) is 0 Å². The third kappa shape index (κ3) is 1.30. The summed E-state index contributed by atoms with van der Waals surface area (Å²) in [7, 11) is 0. The standard InChI is InChI=1S/C17H14/c1-2-6-13-11-17-15(9-12(13)5-1)10-14-7-3-4-8-16(14)17/h1-2,4-6,8-9,11H,3,7,10H2. The van der Waals surface area contributed by atoms with Gasteiger partial charge in [0, 0.05) is 0 Å². The van der Waals surface area contributed by atoms with Gasteiger partial charge in [0.15, 0.2) is 0 Å². The molecule has 0 atom stereocenters. The molecule has 2 aliphatic carbocycles. The molecule has 82 valence electrons. The Kier molecular flexibility index (Phi) is 1.81. The maximum atomic E-state index is 2.37. The summed E-state index contributed by atoms with van der Waals surface area (Å²) in [5.41, 5.74) is 6.12. The van der Waals surface area contributed by atoms with Gasteiger partial charge in [0.1, 0.15) is 0 Å². The number of hydrogen-bond acceptors (Lipinski definition) is 0. The van der Waals surface area contributed by atoms with E-state index in [1.165, 1.54) is 46.7 Å². The van der Waals surface area contributed by atoms with Crippen LogP contribution in [0, 0.1) is 0 Å². The van der Waals surface area contributed by atoms with Gasteiger partial charge in [-0.15, -0.1) is 0 Å². The Bertz CT molecular complexity index is 671. The van der Waals surface area contributed by atoms with E-state index in [1.807, 2.05) is 0 Å². The van der Waals surface area contributed by atoms with E-state index < -0.39 is 0 Å². The minimum Gasteiger partial charge on any atom is -0.0836 e. The van der Waals surface area contributed by atoms with Crippen molar-refractivity contribution < 1.29 is 0 Å². The fourth-order valence-corrected chi connectivity index (χ4v) is 3.09. The lowest BCUT2D eigenvalue weighted by atomic mass is 9.97. The molecule has 0 aromatic heterocycles. The summed E-state index contributed by atoms with van der Waals surface area (Å²) in [5, 5.41) is 2.73. The molecule has 0 amide bonds. The van der Waals surface area contributed by atoms with Crippen molar-refractivity contribution in [1.82, 2.24) is 0 Å². The van der Waals surface area contributed by atoms with E-state index in [-0.39, 0.29) is 0 Å². The highest BCUT2D eigenvalue weighted by atomic mass is 14.3. The predicted molar refractivity (Wildman–Crippen MR) is 72.9 cm³/mol. The molecule has 0 saturated heterocycles. The van der Waals surface area contributed by atoms with Crippen LogP contribution in [0.3, 0.4) is 0 Å². The number of hydrogen-bond donors (Lipinski definition) is 0.